The molecule has 1 amide bonds. The smallest absolute Gasteiger partial charge is 0.255 e. The summed E-state index contributed by atoms with van der Waals surface area (Å²) in [7, 11) is 0. The van der Waals surface area contributed by atoms with E-state index < -0.39 is 0 Å². The number of hydrogen-bond acceptors (Lipinski definition) is 3. The molecular weight excluding hydrogens is 266 g/mol. The molecule has 0 aromatic carbocycles. The molecule has 110 valence electrons. The Morgan fingerprint density at radius 2 is 2.29 bits per heavy atom. The number of carbonyl (C=O) groups is 1. The number of amides is 1. The Hall–Kier alpha value is -2.11. The van der Waals surface area contributed by atoms with Crippen molar-refractivity contribution in [1.29, 1.82) is 0 Å². The molecule has 6 nitrogen and oxygen atoms in total. The third kappa shape index (κ3) is 2.34. The van der Waals surface area contributed by atoms with E-state index in [0.29, 0.717) is 5.92 Å². The average Bonchev–Trinajstić information content (AvgIpc) is 2.96. The fraction of sp³-hybridized carbons (Fsp3) is 0.533. The number of likely N-dealkylation sites (tertiary alicyclic amines) is 1. The van der Waals surface area contributed by atoms with Gasteiger partial charge in [0.2, 0.25) is 0 Å². The monoisotopic (exact) mass is 285 g/mol. The van der Waals surface area contributed by atoms with E-state index in [2.05, 4.69) is 15.1 Å². The Kier molecular flexibility index (Phi) is 3.02. The molecule has 1 saturated heterocycles. The van der Waals surface area contributed by atoms with Crippen LogP contribution < -0.4 is 0 Å². The summed E-state index contributed by atoms with van der Waals surface area (Å²) in [6, 6.07) is 2.15. The van der Waals surface area contributed by atoms with Crippen molar-refractivity contribution < 1.29 is 4.79 Å². The van der Waals surface area contributed by atoms with Crippen LogP contribution in [-0.2, 0) is 6.54 Å². The zero-order valence-corrected chi connectivity index (χ0v) is 11.9. The summed E-state index contributed by atoms with van der Waals surface area (Å²) in [5, 5.41) is 4.15. The van der Waals surface area contributed by atoms with Gasteiger partial charge in [-0.25, -0.2) is 4.98 Å². The van der Waals surface area contributed by atoms with Gasteiger partial charge in [-0.15, -0.1) is 0 Å². The lowest BCUT2D eigenvalue weighted by Gasteiger charge is -2.24. The van der Waals surface area contributed by atoms with Crippen molar-refractivity contribution in [1.82, 2.24) is 24.6 Å². The molecule has 3 heterocycles. The van der Waals surface area contributed by atoms with Gasteiger partial charge in [0, 0.05) is 18.4 Å². The van der Waals surface area contributed by atoms with Crippen molar-refractivity contribution in [2.45, 2.75) is 44.2 Å². The Labute approximate surface area is 123 Å². The summed E-state index contributed by atoms with van der Waals surface area (Å²) in [4.78, 5) is 22.1. The van der Waals surface area contributed by atoms with E-state index >= 15 is 0 Å². The SMILES string of the molecule is O=C(c1cc[nH]c1C1CC1)N1CCCC1Cn1cncn1. The molecule has 0 spiro atoms. The summed E-state index contributed by atoms with van der Waals surface area (Å²) >= 11 is 0. The first-order valence-electron chi connectivity index (χ1n) is 7.63. The highest BCUT2D eigenvalue weighted by atomic mass is 16.2. The standard InChI is InChI=1S/C15H19N5O/c21-15(13-5-6-17-14(13)11-3-4-11)20-7-1-2-12(20)8-19-10-16-9-18-19/h5-6,9-12,17H,1-4,7-8H2. The Balaban J connectivity index is 1.53. The first-order valence-corrected chi connectivity index (χ1v) is 7.63. The van der Waals surface area contributed by atoms with E-state index in [0.717, 1.165) is 37.2 Å². The second kappa shape index (κ2) is 5.02. The highest BCUT2D eigenvalue weighted by Gasteiger charge is 2.34. The van der Waals surface area contributed by atoms with Crippen LogP contribution >= 0.6 is 0 Å². The summed E-state index contributed by atoms with van der Waals surface area (Å²) in [6.45, 7) is 1.57. The van der Waals surface area contributed by atoms with Crippen LogP contribution in [0.1, 0.15) is 47.7 Å². The van der Waals surface area contributed by atoms with Crippen LogP contribution in [-0.4, -0.2) is 43.1 Å². The highest BCUT2D eigenvalue weighted by Crippen LogP contribution is 2.41. The maximum atomic E-state index is 12.9. The predicted molar refractivity (Wildman–Crippen MR) is 76.8 cm³/mol. The van der Waals surface area contributed by atoms with Gasteiger partial charge in [0.15, 0.2) is 0 Å². The van der Waals surface area contributed by atoms with Crippen LogP contribution in [0.5, 0.6) is 0 Å². The second-order valence-electron chi connectivity index (χ2n) is 5.99. The van der Waals surface area contributed by atoms with Gasteiger partial charge in [-0.1, -0.05) is 0 Å². The molecule has 6 heteroatoms. The molecule has 2 fully saturated rings. The number of H-pyrrole nitrogens is 1. The van der Waals surface area contributed by atoms with Crippen LogP contribution in [0.25, 0.3) is 0 Å². The van der Waals surface area contributed by atoms with E-state index in [1.54, 1.807) is 12.7 Å². The van der Waals surface area contributed by atoms with Gasteiger partial charge >= 0.3 is 0 Å². The number of hydrogen-bond donors (Lipinski definition) is 1. The second-order valence-corrected chi connectivity index (χ2v) is 5.99. The molecule has 1 N–H and O–H groups in total. The zero-order valence-electron chi connectivity index (χ0n) is 11.9. The van der Waals surface area contributed by atoms with Crippen LogP contribution in [0, 0.1) is 0 Å². The molecule has 0 radical (unpaired) electrons. The largest absolute Gasteiger partial charge is 0.364 e. The molecule has 1 saturated carbocycles. The minimum atomic E-state index is 0.167. The topological polar surface area (TPSA) is 66.8 Å². The highest BCUT2D eigenvalue weighted by molar-refractivity contribution is 5.96. The molecule has 2 aromatic rings. The quantitative estimate of drug-likeness (QED) is 0.931. The molecule has 4 rings (SSSR count). The van der Waals surface area contributed by atoms with Gasteiger partial charge < -0.3 is 9.88 Å². The van der Waals surface area contributed by atoms with E-state index in [1.165, 1.54) is 12.8 Å². The minimum Gasteiger partial charge on any atom is -0.364 e. The molecular formula is C15H19N5O. The van der Waals surface area contributed by atoms with Crippen molar-refractivity contribution in [3.63, 3.8) is 0 Å². The third-order valence-corrected chi connectivity index (χ3v) is 4.50. The summed E-state index contributed by atoms with van der Waals surface area (Å²) in [5.41, 5.74) is 1.99. The Morgan fingerprint density at radius 3 is 3.05 bits per heavy atom. The normalized spacial score (nSPS) is 21.9. The number of nitrogens with one attached hydrogen (secondary N) is 1. The van der Waals surface area contributed by atoms with Gasteiger partial charge in [0.25, 0.3) is 5.91 Å². The predicted octanol–water partition coefficient (Wildman–Crippen LogP) is 1.79. The molecule has 1 atom stereocenters. The van der Waals surface area contributed by atoms with Crippen LogP contribution in [0.4, 0.5) is 0 Å². The lowest BCUT2D eigenvalue weighted by atomic mass is 10.1. The van der Waals surface area contributed by atoms with E-state index in [-0.39, 0.29) is 11.9 Å². The zero-order chi connectivity index (χ0) is 14.2. The number of rotatable bonds is 4. The van der Waals surface area contributed by atoms with Gasteiger partial charge in [-0.05, 0) is 37.7 Å². The first-order chi connectivity index (χ1) is 10.3. The molecule has 1 aliphatic heterocycles. The van der Waals surface area contributed by atoms with Crippen molar-refractivity contribution in [3.05, 3.63) is 36.2 Å². The van der Waals surface area contributed by atoms with Gasteiger partial charge in [-0.2, -0.15) is 5.10 Å². The fourth-order valence-electron chi connectivity index (χ4n) is 3.27. The first kappa shape index (κ1) is 12.6. The number of nitrogens with zero attached hydrogens (tertiary/aromatic N) is 4. The Bertz CT molecular complexity index is 628. The van der Waals surface area contributed by atoms with Gasteiger partial charge in [-0.3, -0.25) is 9.48 Å². The van der Waals surface area contributed by atoms with Crippen molar-refractivity contribution in [2.75, 3.05) is 6.54 Å². The lowest BCUT2D eigenvalue weighted by molar-refractivity contribution is 0.0720. The molecule has 1 unspecified atom stereocenters. The summed E-state index contributed by atoms with van der Waals surface area (Å²) < 4.78 is 1.81. The van der Waals surface area contributed by atoms with E-state index in [1.807, 2.05) is 21.8 Å². The van der Waals surface area contributed by atoms with Crippen molar-refractivity contribution in [3.8, 4) is 0 Å². The molecule has 2 aromatic heterocycles. The van der Waals surface area contributed by atoms with Gasteiger partial charge in [0.05, 0.1) is 18.2 Å². The number of carbonyl (C=O) groups excluding carboxylic acids is 1. The van der Waals surface area contributed by atoms with E-state index in [4.69, 9.17) is 0 Å². The fourth-order valence-corrected chi connectivity index (χ4v) is 3.27. The lowest BCUT2D eigenvalue weighted by Crippen LogP contribution is -2.38. The molecule has 1 aliphatic carbocycles. The third-order valence-electron chi connectivity index (χ3n) is 4.50. The van der Waals surface area contributed by atoms with Crippen molar-refractivity contribution >= 4 is 5.91 Å². The summed E-state index contributed by atoms with van der Waals surface area (Å²) in [5.74, 6) is 0.732. The Morgan fingerprint density at radius 1 is 1.38 bits per heavy atom. The van der Waals surface area contributed by atoms with E-state index in [9.17, 15) is 4.79 Å². The minimum absolute atomic E-state index is 0.167. The average molecular weight is 285 g/mol. The number of aromatic nitrogens is 4. The maximum Gasteiger partial charge on any atom is 0.255 e. The molecule has 21 heavy (non-hydrogen) atoms. The number of aromatic amines is 1. The molecule has 0 bridgehead atoms. The van der Waals surface area contributed by atoms with Gasteiger partial charge in [0.1, 0.15) is 12.7 Å². The van der Waals surface area contributed by atoms with Crippen molar-refractivity contribution in [2.24, 2.45) is 0 Å². The molecule has 2 aliphatic rings. The summed E-state index contributed by atoms with van der Waals surface area (Å²) in [6.07, 6.45) is 9.64. The maximum absolute atomic E-state index is 12.9. The van der Waals surface area contributed by atoms with Crippen LogP contribution in [0.3, 0.4) is 0 Å². The van der Waals surface area contributed by atoms with Crippen LogP contribution in [0.15, 0.2) is 24.9 Å². The van der Waals surface area contributed by atoms with Crippen LogP contribution in [0.2, 0.25) is 0 Å².